The Kier molecular flexibility index (Phi) is 10.0. The number of nitrogens with one attached hydrogen (secondary N) is 1. The summed E-state index contributed by atoms with van der Waals surface area (Å²) in [5.74, 6) is 1.48. The minimum atomic E-state index is 0.585. The largest absolute Gasteiger partial charge is 0.381 e. The molecule has 0 rings (SSSR count). The lowest BCUT2D eigenvalue weighted by Crippen LogP contribution is -2.31. The zero-order chi connectivity index (χ0) is 12.4. The molecule has 0 aliphatic heterocycles. The Morgan fingerprint density at radius 3 is 2.25 bits per heavy atom. The summed E-state index contributed by atoms with van der Waals surface area (Å²) >= 11 is 0. The third-order valence-corrected chi connectivity index (χ3v) is 3.01. The van der Waals surface area contributed by atoms with E-state index in [9.17, 15) is 0 Å². The smallest absolute Gasteiger partial charge is 0.0469 e. The summed E-state index contributed by atoms with van der Waals surface area (Å²) in [5, 5.41) is 3.52. The van der Waals surface area contributed by atoms with Gasteiger partial charge in [-0.15, -0.1) is 0 Å². The minimum Gasteiger partial charge on any atom is -0.381 e. The highest BCUT2D eigenvalue weighted by molar-refractivity contribution is 4.67. The number of ether oxygens (including phenoxy) is 1. The maximum Gasteiger partial charge on any atom is 0.0469 e. The molecule has 0 aliphatic rings. The molecular formula is C14H31NO. The number of rotatable bonds is 10. The van der Waals surface area contributed by atoms with E-state index in [0.29, 0.717) is 6.04 Å². The first-order chi connectivity index (χ1) is 7.57. The molecule has 0 saturated heterocycles. The van der Waals surface area contributed by atoms with E-state index in [0.717, 1.165) is 31.6 Å². The first-order valence-electron chi connectivity index (χ1n) is 6.89. The molecule has 1 N–H and O–H groups in total. The van der Waals surface area contributed by atoms with E-state index in [4.69, 9.17) is 4.74 Å². The average molecular weight is 229 g/mol. The number of hydrogen-bond donors (Lipinski definition) is 1. The van der Waals surface area contributed by atoms with Crippen molar-refractivity contribution in [3.63, 3.8) is 0 Å². The van der Waals surface area contributed by atoms with Crippen molar-refractivity contribution in [1.82, 2.24) is 5.32 Å². The van der Waals surface area contributed by atoms with Gasteiger partial charge in [-0.25, -0.2) is 0 Å². The molecule has 2 heteroatoms. The van der Waals surface area contributed by atoms with E-state index >= 15 is 0 Å². The summed E-state index contributed by atoms with van der Waals surface area (Å²) < 4.78 is 5.63. The van der Waals surface area contributed by atoms with Gasteiger partial charge in [0.1, 0.15) is 0 Å². The van der Waals surface area contributed by atoms with E-state index in [1.165, 1.54) is 19.3 Å². The van der Waals surface area contributed by atoms with Crippen LogP contribution in [0.5, 0.6) is 0 Å². The molecule has 0 aromatic carbocycles. The van der Waals surface area contributed by atoms with Gasteiger partial charge in [0.25, 0.3) is 0 Å². The Hall–Kier alpha value is -0.0800. The molecule has 0 bridgehead atoms. The quantitative estimate of drug-likeness (QED) is 0.579. The summed E-state index contributed by atoms with van der Waals surface area (Å²) in [7, 11) is 0. The molecule has 0 aromatic heterocycles. The minimum absolute atomic E-state index is 0.585. The van der Waals surface area contributed by atoms with Crippen molar-refractivity contribution in [3.05, 3.63) is 0 Å². The van der Waals surface area contributed by atoms with E-state index in [1.54, 1.807) is 0 Å². The van der Waals surface area contributed by atoms with Crippen LogP contribution in [0.2, 0.25) is 0 Å². The van der Waals surface area contributed by atoms with Gasteiger partial charge >= 0.3 is 0 Å². The highest BCUT2D eigenvalue weighted by atomic mass is 16.5. The fourth-order valence-corrected chi connectivity index (χ4v) is 1.64. The van der Waals surface area contributed by atoms with E-state index in [2.05, 4.69) is 39.9 Å². The fourth-order valence-electron chi connectivity index (χ4n) is 1.64. The fraction of sp³-hybridized carbons (Fsp3) is 1.00. The van der Waals surface area contributed by atoms with Gasteiger partial charge in [-0.2, -0.15) is 0 Å². The lowest BCUT2D eigenvalue weighted by molar-refractivity contribution is 0.110. The average Bonchev–Trinajstić information content (AvgIpc) is 2.21. The maximum atomic E-state index is 5.63. The Morgan fingerprint density at radius 1 is 1.06 bits per heavy atom. The van der Waals surface area contributed by atoms with Crippen LogP contribution < -0.4 is 5.32 Å². The van der Waals surface area contributed by atoms with Crippen LogP contribution >= 0.6 is 0 Å². The van der Waals surface area contributed by atoms with Crippen molar-refractivity contribution in [2.45, 2.75) is 59.9 Å². The molecule has 2 nitrogen and oxygen atoms in total. The van der Waals surface area contributed by atoms with Gasteiger partial charge in [0.2, 0.25) is 0 Å². The van der Waals surface area contributed by atoms with Crippen LogP contribution in [0.25, 0.3) is 0 Å². The van der Waals surface area contributed by atoms with Crippen molar-refractivity contribution in [2.75, 3.05) is 19.8 Å². The molecule has 0 fully saturated rings. The predicted octanol–water partition coefficient (Wildman–Crippen LogP) is 3.46. The zero-order valence-corrected chi connectivity index (χ0v) is 11.9. The SMILES string of the molecule is CCCCOCCC(CNC(C)C)C(C)C. The monoisotopic (exact) mass is 229 g/mol. The van der Waals surface area contributed by atoms with Gasteiger partial charge in [-0.05, 0) is 31.2 Å². The zero-order valence-electron chi connectivity index (χ0n) is 11.9. The molecule has 1 atom stereocenters. The van der Waals surface area contributed by atoms with Crippen LogP contribution in [0.4, 0.5) is 0 Å². The topological polar surface area (TPSA) is 21.3 Å². The van der Waals surface area contributed by atoms with Crippen LogP contribution in [-0.4, -0.2) is 25.8 Å². The Balaban J connectivity index is 3.60. The van der Waals surface area contributed by atoms with Gasteiger partial charge in [0, 0.05) is 19.3 Å². The van der Waals surface area contributed by atoms with Gasteiger partial charge in [-0.3, -0.25) is 0 Å². The lowest BCUT2D eigenvalue weighted by Gasteiger charge is -2.22. The molecule has 0 heterocycles. The Bertz CT molecular complexity index is 146. The molecule has 1 unspecified atom stereocenters. The molecule has 0 spiro atoms. The van der Waals surface area contributed by atoms with Gasteiger partial charge in [-0.1, -0.05) is 41.0 Å². The third kappa shape index (κ3) is 9.17. The first kappa shape index (κ1) is 15.9. The van der Waals surface area contributed by atoms with Crippen LogP contribution in [0.3, 0.4) is 0 Å². The molecular weight excluding hydrogens is 198 g/mol. The summed E-state index contributed by atoms with van der Waals surface area (Å²) in [6.45, 7) is 14.2. The second-order valence-electron chi connectivity index (χ2n) is 5.32. The second kappa shape index (κ2) is 10.1. The molecule has 0 radical (unpaired) electrons. The molecule has 98 valence electrons. The maximum absolute atomic E-state index is 5.63. The van der Waals surface area contributed by atoms with E-state index in [1.807, 2.05) is 0 Å². The van der Waals surface area contributed by atoms with E-state index in [-0.39, 0.29) is 0 Å². The molecule has 0 aromatic rings. The van der Waals surface area contributed by atoms with Gasteiger partial charge < -0.3 is 10.1 Å². The van der Waals surface area contributed by atoms with Crippen LogP contribution in [0.15, 0.2) is 0 Å². The van der Waals surface area contributed by atoms with Crippen LogP contribution in [0.1, 0.15) is 53.9 Å². The number of hydrogen-bond acceptors (Lipinski definition) is 2. The highest BCUT2D eigenvalue weighted by Gasteiger charge is 2.13. The Labute approximate surface area is 102 Å². The summed E-state index contributed by atoms with van der Waals surface area (Å²) in [6.07, 6.45) is 3.60. The molecule has 0 amide bonds. The van der Waals surface area contributed by atoms with Crippen molar-refractivity contribution in [1.29, 1.82) is 0 Å². The lowest BCUT2D eigenvalue weighted by atomic mass is 9.92. The molecule has 0 saturated carbocycles. The molecule has 0 aliphatic carbocycles. The number of unbranched alkanes of at least 4 members (excludes halogenated alkanes) is 1. The predicted molar refractivity (Wildman–Crippen MR) is 71.8 cm³/mol. The standard InChI is InChI=1S/C14H31NO/c1-6-7-9-16-10-8-14(12(2)3)11-15-13(4)5/h12-15H,6-11H2,1-5H3. The first-order valence-corrected chi connectivity index (χ1v) is 6.89. The Morgan fingerprint density at radius 2 is 1.75 bits per heavy atom. The summed E-state index contributed by atoms with van der Waals surface area (Å²) in [4.78, 5) is 0. The second-order valence-corrected chi connectivity index (χ2v) is 5.32. The van der Waals surface area contributed by atoms with Crippen molar-refractivity contribution in [3.8, 4) is 0 Å². The summed E-state index contributed by atoms with van der Waals surface area (Å²) in [6, 6.07) is 0.585. The normalized spacial score (nSPS) is 13.7. The highest BCUT2D eigenvalue weighted by Crippen LogP contribution is 2.14. The third-order valence-electron chi connectivity index (χ3n) is 3.01. The van der Waals surface area contributed by atoms with Crippen LogP contribution in [-0.2, 0) is 4.74 Å². The van der Waals surface area contributed by atoms with Gasteiger partial charge in [0.05, 0.1) is 0 Å². The van der Waals surface area contributed by atoms with Crippen molar-refractivity contribution in [2.24, 2.45) is 11.8 Å². The molecule has 16 heavy (non-hydrogen) atoms. The van der Waals surface area contributed by atoms with E-state index < -0.39 is 0 Å². The summed E-state index contributed by atoms with van der Waals surface area (Å²) in [5.41, 5.74) is 0. The van der Waals surface area contributed by atoms with Crippen LogP contribution in [0, 0.1) is 11.8 Å². The van der Waals surface area contributed by atoms with Crippen molar-refractivity contribution < 1.29 is 4.74 Å². The van der Waals surface area contributed by atoms with Crippen molar-refractivity contribution >= 4 is 0 Å². The van der Waals surface area contributed by atoms with Gasteiger partial charge in [0.15, 0.2) is 0 Å².